The molecular weight excluding hydrogens is 302 g/mol. The maximum absolute atomic E-state index is 12.9. The van der Waals surface area contributed by atoms with Gasteiger partial charge in [-0.05, 0) is 48.3 Å². The van der Waals surface area contributed by atoms with Crippen LogP contribution in [0.4, 0.5) is 5.69 Å². The van der Waals surface area contributed by atoms with Crippen molar-refractivity contribution in [3.63, 3.8) is 0 Å². The minimum absolute atomic E-state index is 0.0514. The highest BCUT2D eigenvalue weighted by Crippen LogP contribution is 2.32. The number of hydrogen-bond acceptors (Lipinski definition) is 2. The second-order valence-corrected chi connectivity index (χ2v) is 7.46. The molecule has 0 aliphatic heterocycles. The smallest absolute Gasteiger partial charge is 0.242 e. The van der Waals surface area contributed by atoms with Crippen LogP contribution in [-0.4, -0.2) is 11.7 Å². The summed E-state index contributed by atoms with van der Waals surface area (Å²) < 4.78 is 0. The number of amides is 1. The number of anilines is 1. The standard InChI is InChI=1S/C20H25NOS/c1-14(2)13-23-19(17-8-6-5-7-9-17)20(22)21-18-12-15(3)10-11-16(18)4/h5-12,14,19H,13H2,1-4H3,(H,21,22). The third kappa shape index (κ3) is 5.14. The van der Waals surface area contributed by atoms with Crippen molar-refractivity contribution in [2.75, 3.05) is 11.1 Å². The SMILES string of the molecule is Cc1ccc(C)c(NC(=O)C(SCC(C)C)c2ccccc2)c1. The third-order valence-corrected chi connectivity index (χ3v) is 5.27. The number of carbonyl (C=O) groups excluding carboxylic acids is 1. The van der Waals surface area contributed by atoms with E-state index in [1.54, 1.807) is 11.8 Å². The van der Waals surface area contributed by atoms with Crippen LogP contribution < -0.4 is 5.32 Å². The largest absolute Gasteiger partial charge is 0.325 e. The van der Waals surface area contributed by atoms with E-state index in [9.17, 15) is 4.79 Å². The van der Waals surface area contributed by atoms with Crippen LogP contribution in [0.5, 0.6) is 0 Å². The second-order valence-electron chi connectivity index (χ2n) is 6.33. The van der Waals surface area contributed by atoms with E-state index >= 15 is 0 Å². The zero-order chi connectivity index (χ0) is 16.8. The van der Waals surface area contributed by atoms with E-state index in [1.165, 1.54) is 0 Å². The van der Waals surface area contributed by atoms with E-state index in [1.807, 2.05) is 56.3 Å². The van der Waals surface area contributed by atoms with Crippen LogP contribution >= 0.6 is 11.8 Å². The predicted molar refractivity (Wildman–Crippen MR) is 101 cm³/mol. The molecular formula is C20H25NOS. The van der Waals surface area contributed by atoms with Crippen molar-refractivity contribution >= 4 is 23.4 Å². The third-order valence-electron chi connectivity index (χ3n) is 3.59. The lowest BCUT2D eigenvalue weighted by Gasteiger charge is -2.19. The van der Waals surface area contributed by atoms with Gasteiger partial charge >= 0.3 is 0 Å². The maximum atomic E-state index is 12.9. The van der Waals surface area contributed by atoms with Crippen LogP contribution in [0.3, 0.4) is 0 Å². The fraction of sp³-hybridized carbons (Fsp3) is 0.350. The Morgan fingerprint density at radius 1 is 1.09 bits per heavy atom. The van der Waals surface area contributed by atoms with Crippen LogP contribution in [0.25, 0.3) is 0 Å². The highest BCUT2D eigenvalue weighted by molar-refractivity contribution is 8.00. The van der Waals surface area contributed by atoms with Crippen molar-refractivity contribution in [3.05, 3.63) is 65.2 Å². The average molecular weight is 327 g/mol. The molecule has 0 spiro atoms. The number of nitrogens with one attached hydrogen (secondary N) is 1. The van der Waals surface area contributed by atoms with Crippen LogP contribution in [0, 0.1) is 19.8 Å². The molecule has 0 heterocycles. The van der Waals surface area contributed by atoms with Crippen LogP contribution in [0.1, 0.15) is 35.8 Å². The summed E-state index contributed by atoms with van der Waals surface area (Å²) in [6, 6.07) is 16.2. The van der Waals surface area contributed by atoms with Gasteiger partial charge in [-0.2, -0.15) is 0 Å². The van der Waals surface area contributed by atoms with E-state index in [0.29, 0.717) is 5.92 Å². The Bertz CT molecular complexity index is 652. The number of carbonyl (C=O) groups is 1. The lowest BCUT2D eigenvalue weighted by Crippen LogP contribution is -2.20. The van der Waals surface area contributed by atoms with Crippen molar-refractivity contribution in [1.29, 1.82) is 0 Å². The monoisotopic (exact) mass is 327 g/mol. The number of thioether (sulfide) groups is 1. The highest BCUT2D eigenvalue weighted by atomic mass is 32.2. The molecule has 0 saturated carbocycles. The van der Waals surface area contributed by atoms with Gasteiger partial charge in [0.25, 0.3) is 0 Å². The van der Waals surface area contributed by atoms with Crippen molar-refractivity contribution in [2.24, 2.45) is 5.92 Å². The van der Waals surface area contributed by atoms with E-state index < -0.39 is 0 Å². The first-order valence-corrected chi connectivity index (χ1v) is 9.07. The molecule has 1 atom stereocenters. The van der Waals surface area contributed by atoms with Gasteiger partial charge in [-0.1, -0.05) is 56.3 Å². The summed E-state index contributed by atoms with van der Waals surface area (Å²) in [5.41, 5.74) is 4.20. The number of hydrogen-bond donors (Lipinski definition) is 1. The highest BCUT2D eigenvalue weighted by Gasteiger charge is 2.22. The first-order chi connectivity index (χ1) is 11.0. The molecule has 23 heavy (non-hydrogen) atoms. The molecule has 0 fully saturated rings. The summed E-state index contributed by atoms with van der Waals surface area (Å²) in [4.78, 5) is 12.9. The molecule has 1 N–H and O–H groups in total. The molecule has 0 bridgehead atoms. The summed E-state index contributed by atoms with van der Waals surface area (Å²) in [5, 5.41) is 2.93. The van der Waals surface area contributed by atoms with Crippen LogP contribution in [0.2, 0.25) is 0 Å². The van der Waals surface area contributed by atoms with Crippen molar-refractivity contribution in [3.8, 4) is 0 Å². The van der Waals surface area contributed by atoms with Crippen molar-refractivity contribution in [2.45, 2.75) is 32.9 Å². The zero-order valence-corrected chi connectivity index (χ0v) is 15.1. The average Bonchev–Trinajstić information content (AvgIpc) is 2.52. The maximum Gasteiger partial charge on any atom is 0.242 e. The molecule has 2 aromatic rings. The van der Waals surface area contributed by atoms with E-state index in [0.717, 1.165) is 28.1 Å². The van der Waals surface area contributed by atoms with Gasteiger partial charge in [0.1, 0.15) is 5.25 Å². The van der Waals surface area contributed by atoms with E-state index in [-0.39, 0.29) is 11.2 Å². The molecule has 1 unspecified atom stereocenters. The van der Waals surface area contributed by atoms with E-state index in [4.69, 9.17) is 0 Å². The van der Waals surface area contributed by atoms with Crippen LogP contribution in [-0.2, 0) is 4.79 Å². The van der Waals surface area contributed by atoms with Crippen molar-refractivity contribution < 1.29 is 4.79 Å². The summed E-state index contributed by atoms with van der Waals surface area (Å²) in [6.07, 6.45) is 0. The molecule has 2 aromatic carbocycles. The lowest BCUT2D eigenvalue weighted by molar-refractivity contribution is -0.115. The Kier molecular flexibility index (Phi) is 6.28. The number of rotatable bonds is 6. The first kappa shape index (κ1) is 17.6. The quantitative estimate of drug-likeness (QED) is 0.772. The minimum atomic E-state index is -0.182. The van der Waals surface area contributed by atoms with Gasteiger partial charge in [-0.3, -0.25) is 4.79 Å². The molecule has 0 saturated heterocycles. The van der Waals surface area contributed by atoms with E-state index in [2.05, 4.69) is 25.2 Å². The summed E-state index contributed by atoms with van der Waals surface area (Å²) >= 11 is 1.71. The van der Waals surface area contributed by atoms with Gasteiger partial charge in [-0.25, -0.2) is 0 Å². The van der Waals surface area contributed by atoms with Gasteiger partial charge in [0.15, 0.2) is 0 Å². The van der Waals surface area contributed by atoms with Crippen molar-refractivity contribution in [1.82, 2.24) is 0 Å². The van der Waals surface area contributed by atoms with Gasteiger partial charge in [-0.15, -0.1) is 11.8 Å². The lowest BCUT2D eigenvalue weighted by atomic mass is 10.1. The van der Waals surface area contributed by atoms with Gasteiger partial charge in [0.05, 0.1) is 0 Å². The van der Waals surface area contributed by atoms with Gasteiger partial charge in [0, 0.05) is 5.69 Å². The Labute approximate surface area is 143 Å². The first-order valence-electron chi connectivity index (χ1n) is 8.02. The molecule has 1 amide bonds. The molecule has 0 aromatic heterocycles. The normalized spacial score (nSPS) is 12.2. The Hall–Kier alpha value is -1.74. The molecule has 0 aliphatic carbocycles. The predicted octanol–water partition coefficient (Wildman–Crippen LogP) is 5.37. The molecule has 3 heteroatoms. The van der Waals surface area contributed by atoms with Crippen LogP contribution in [0.15, 0.2) is 48.5 Å². The fourth-order valence-corrected chi connectivity index (χ4v) is 3.45. The second kappa shape index (κ2) is 8.21. The minimum Gasteiger partial charge on any atom is -0.325 e. The van der Waals surface area contributed by atoms with Gasteiger partial charge in [0.2, 0.25) is 5.91 Å². The molecule has 0 radical (unpaired) electrons. The Balaban J connectivity index is 2.20. The molecule has 122 valence electrons. The zero-order valence-electron chi connectivity index (χ0n) is 14.3. The molecule has 2 rings (SSSR count). The number of aryl methyl sites for hydroxylation is 2. The Morgan fingerprint density at radius 3 is 2.43 bits per heavy atom. The summed E-state index contributed by atoms with van der Waals surface area (Å²) in [7, 11) is 0. The topological polar surface area (TPSA) is 29.1 Å². The summed E-state index contributed by atoms with van der Waals surface area (Å²) in [5.74, 6) is 1.56. The fourth-order valence-electron chi connectivity index (χ4n) is 2.31. The Morgan fingerprint density at radius 2 is 1.78 bits per heavy atom. The number of benzene rings is 2. The molecule has 0 aliphatic rings. The van der Waals surface area contributed by atoms with Gasteiger partial charge < -0.3 is 5.32 Å². The molecule has 2 nitrogen and oxygen atoms in total. The summed E-state index contributed by atoms with van der Waals surface area (Å²) in [6.45, 7) is 8.42.